The Labute approximate surface area is 117 Å². The van der Waals surface area contributed by atoms with Crippen LogP contribution in [0.5, 0.6) is 5.88 Å². The zero-order valence-corrected chi connectivity index (χ0v) is 12.3. The standard InChI is InChI=1S/C14H17N3OS/c1-14(2,3)13-16-10(7-12(19)17-13)9-5-6-11(18-4)15-8-9/h5-8H,1-4H3,(H,16,17,19). The first-order valence-corrected chi connectivity index (χ1v) is 6.43. The van der Waals surface area contributed by atoms with E-state index in [-0.39, 0.29) is 5.41 Å². The van der Waals surface area contributed by atoms with Crippen LogP contribution in [0.2, 0.25) is 0 Å². The maximum Gasteiger partial charge on any atom is 0.212 e. The van der Waals surface area contributed by atoms with Crippen LogP contribution in [0.25, 0.3) is 11.3 Å². The SMILES string of the molecule is COc1ccc(-c2cc(=S)nc(C(C)(C)C)[nH]2)cn1. The molecule has 100 valence electrons. The van der Waals surface area contributed by atoms with Crippen molar-refractivity contribution in [1.29, 1.82) is 0 Å². The fourth-order valence-corrected chi connectivity index (χ4v) is 1.84. The van der Waals surface area contributed by atoms with Crippen molar-refractivity contribution in [3.05, 3.63) is 34.9 Å². The van der Waals surface area contributed by atoms with Gasteiger partial charge in [-0.1, -0.05) is 33.0 Å². The van der Waals surface area contributed by atoms with Crippen LogP contribution in [-0.4, -0.2) is 22.1 Å². The van der Waals surface area contributed by atoms with Gasteiger partial charge >= 0.3 is 0 Å². The third kappa shape index (κ3) is 3.17. The Balaban J connectivity index is 2.49. The monoisotopic (exact) mass is 275 g/mol. The molecule has 0 bridgehead atoms. The third-order valence-electron chi connectivity index (χ3n) is 2.71. The molecule has 0 fully saturated rings. The van der Waals surface area contributed by atoms with E-state index in [1.165, 1.54) is 0 Å². The van der Waals surface area contributed by atoms with Gasteiger partial charge in [0.1, 0.15) is 10.5 Å². The summed E-state index contributed by atoms with van der Waals surface area (Å²) in [6, 6.07) is 5.61. The van der Waals surface area contributed by atoms with Gasteiger partial charge in [0.2, 0.25) is 5.88 Å². The van der Waals surface area contributed by atoms with Crippen LogP contribution >= 0.6 is 12.2 Å². The van der Waals surface area contributed by atoms with Crippen LogP contribution in [0.3, 0.4) is 0 Å². The van der Waals surface area contributed by atoms with Crippen LogP contribution < -0.4 is 4.74 Å². The van der Waals surface area contributed by atoms with Gasteiger partial charge in [-0.2, -0.15) is 0 Å². The highest BCUT2D eigenvalue weighted by Gasteiger charge is 2.17. The van der Waals surface area contributed by atoms with E-state index in [9.17, 15) is 0 Å². The molecular weight excluding hydrogens is 258 g/mol. The van der Waals surface area contributed by atoms with Crippen molar-refractivity contribution in [2.75, 3.05) is 7.11 Å². The molecule has 0 saturated heterocycles. The molecule has 0 aliphatic heterocycles. The van der Waals surface area contributed by atoms with Gasteiger partial charge in [0, 0.05) is 23.2 Å². The number of hydrogen-bond donors (Lipinski definition) is 1. The van der Waals surface area contributed by atoms with Crippen LogP contribution in [-0.2, 0) is 5.41 Å². The Morgan fingerprint density at radius 3 is 2.53 bits per heavy atom. The van der Waals surface area contributed by atoms with Crippen LogP contribution in [0, 0.1) is 4.64 Å². The average Bonchev–Trinajstić information content (AvgIpc) is 2.37. The van der Waals surface area contributed by atoms with Gasteiger partial charge in [0.05, 0.1) is 12.8 Å². The van der Waals surface area contributed by atoms with Gasteiger partial charge in [-0.05, 0) is 12.1 Å². The Bertz CT molecular complexity index is 626. The number of methoxy groups -OCH3 is 1. The zero-order chi connectivity index (χ0) is 14.0. The molecule has 2 rings (SSSR count). The third-order valence-corrected chi connectivity index (χ3v) is 2.92. The van der Waals surface area contributed by atoms with Gasteiger partial charge in [-0.15, -0.1) is 0 Å². The molecule has 2 heterocycles. The highest BCUT2D eigenvalue weighted by Crippen LogP contribution is 2.23. The maximum atomic E-state index is 5.23. The largest absolute Gasteiger partial charge is 0.481 e. The minimum atomic E-state index is -0.0799. The summed E-state index contributed by atoms with van der Waals surface area (Å²) in [5.41, 5.74) is 1.79. The van der Waals surface area contributed by atoms with Crippen LogP contribution in [0.4, 0.5) is 0 Å². The molecule has 0 aromatic carbocycles. The second-order valence-electron chi connectivity index (χ2n) is 5.32. The summed E-state index contributed by atoms with van der Waals surface area (Å²) in [6.45, 7) is 6.28. The molecule has 0 radical (unpaired) electrons. The predicted octanol–water partition coefficient (Wildman–Crippen LogP) is 3.51. The maximum absolute atomic E-state index is 5.23. The van der Waals surface area contributed by atoms with Gasteiger partial charge in [0.25, 0.3) is 0 Å². The first-order valence-electron chi connectivity index (χ1n) is 6.02. The molecule has 0 aliphatic rings. The summed E-state index contributed by atoms with van der Waals surface area (Å²) >= 11 is 5.23. The Morgan fingerprint density at radius 2 is 2.00 bits per heavy atom. The van der Waals surface area contributed by atoms with Crippen molar-refractivity contribution in [3.63, 3.8) is 0 Å². The van der Waals surface area contributed by atoms with Gasteiger partial charge in [0.15, 0.2) is 0 Å². The van der Waals surface area contributed by atoms with E-state index >= 15 is 0 Å². The first kappa shape index (κ1) is 13.7. The highest BCUT2D eigenvalue weighted by molar-refractivity contribution is 7.71. The molecule has 0 atom stereocenters. The fourth-order valence-electron chi connectivity index (χ4n) is 1.63. The average molecular weight is 275 g/mol. The number of ether oxygens (including phenoxy) is 1. The van der Waals surface area contributed by atoms with E-state index in [4.69, 9.17) is 17.0 Å². The number of rotatable bonds is 2. The molecule has 0 unspecified atom stereocenters. The number of hydrogen-bond acceptors (Lipinski definition) is 4. The van der Waals surface area contributed by atoms with E-state index in [1.54, 1.807) is 13.3 Å². The molecule has 2 aromatic heterocycles. The normalized spacial score (nSPS) is 11.4. The highest BCUT2D eigenvalue weighted by atomic mass is 32.1. The number of nitrogens with one attached hydrogen (secondary N) is 1. The molecule has 0 aliphatic carbocycles. The number of nitrogens with zero attached hydrogens (tertiary/aromatic N) is 2. The number of H-pyrrole nitrogens is 1. The van der Waals surface area contributed by atoms with Crippen LogP contribution in [0.15, 0.2) is 24.4 Å². The lowest BCUT2D eigenvalue weighted by molar-refractivity contribution is 0.398. The van der Waals surface area contributed by atoms with Crippen molar-refractivity contribution < 1.29 is 4.74 Å². The Kier molecular flexibility index (Phi) is 3.66. The molecular formula is C14H17N3OS. The molecule has 1 N–H and O–H groups in total. The molecule has 0 amide bonds. The molecule has 4 nitrogen and oxygen atoms in total. The van der Waals surface area contributed by atoms with E-state index in [1.807, 2.05) is 18.2 Å². The lowest BCUT2D eigenvalue weighted by Crippen LogP contribution is -2.16. The molecule has 2 aromatic rings. The summed E-state index contributed by atoms with van der Waals surface area (Å²) < 4.78 is 5.63. The lowest BCUT2D eigenvalue weighted by atomic mass is 9.95. The molecule has 19 heavy (non-hydrogen) atoms. The number of pyridine rings is 1. The molecule has 0 saturated carbocycles. The summed E-state index contributed by atoms with van der Waals surface area (Å²) in [7, 11) is 1.60. The quantitative estimate of drug-likeness (QED) is 0.852. The van der Waals surface area contributed by atoms with Crippen molar-refractivity contribution >= 4 is 12.2 Å². The predicted molar refractivity (Wildman–Crippen MR) is 77.9 cm³/mol. The zero-order valence-electron chi connectivity index (χ0n) is 11.5. The Hall–Kier alpha value is -1.75. The molecule has 5 heteroatoms. The summed E-state index contributed by atoms with van der Waals surface area (Å²) in [5.74, 6) is 1.46. The lowest BCUT2D eigenvalue weighted by Gasteiger charge is -2.18. The number of aromatic nitrogens is 3. The van der Waals surface area contributed by atoms with E-state index in [0.29, 0.717) is 10.5 Å². The Morgan fingerprint density at radius 1 is 1.26 bits per heavy atom. The second-order valence-corrected chi connectivity index (χ2v) is 5.74. The minimum absolute atomic E-state index is 0.0799. The summed E-state index contributed by atoms with van der Waals surface area (Å²) in [6.07, 6.45) is 1.76. The van der Waals surface area contributed by atoms with E-state index in [2.05, 4.69) is 35.7 Å². The molecule has 0 spiro atoms. The van der Waals surface area contributed by atoms with Gasteiger partial charge < -0.3 is 9.72 Å². The minimum Gasteiger partial charge on any atom is -0.481 e. The van der Waals surface area contributed by atoms with Crippen molar-refractivity contribution in [3.8, 4) is 17.1 Å². The van der Waals surface area contributed by atoms with Crippen molar-refractivity contribution in [1.82, 2.24) is 15.0 Å². The van der Waals surface area contributed by atoms with Crippen LogP contribution in [0.1, 0.15) is 26.6 Å². The van der Waals surface area contributed by atoms with E-state index < -0.39 is 0 Å². The summed E-state index contributed by atoms with van der Waals surface area (Å²) in [5, 5.41) is 0. The van der Waals surface area contributed by atoms with E-state index in [0.717, 1.165) is 17.1 Å². The summed E-state index contributed by atoms with van der Waals surface area (Å²) in [4.78, 5) is 11.9. The fraction of sp³-hybridized carbons (Fsp3) is 0.357. The topological polar surface area (TPSA) is 50.8 Å². The van der Waals surface area contributed by atoms with Crippen molar-refractivity contribution in [2.24, 2.45) is 0 Å². The van der Waals surface area contributed by atoms with Crippen molar-refractivity contribution in [2.45, 2.75) is 26.2 Å². The van der Waals surface area contributed by atoms with Gasteiger partial charge in [-0.25, -0.2) is 9.97 Å². The smallest absolute Gasteiger partial charge is 0.212 e. The second kappa shape index (κ2) is 5.09. The number of aromatic amines is 1. The van der Waals surface area contributed by atoms with Gasteiger partial charge in [-0.3, -0.25) is 0 Å². The first-order chi connectivity index (χ1) is 8.90.